The normalized spacial score (nSPS) is 11.6. The summed E-state index contributed by atoms with van der Waals surface area (Å²) in [5, 5.41) is 11.1. The molecule has 1 aromatic carbocycles. The molecule has 0 bridgehead atoms. The van der Waals surface area contributed by atoms with Gasteiger partial charge in [-0.15, -0.1) is 24.5 Å². The molecule has 0 aliphatic carbocycles. The Bertz CT molecular complexity index is 539. The van der Waals surface area contributed by atoms with E-state index in [1.165, 1.54) is 29.5 Å². The van der Waals surface area contributed by atoms with Crippen LogP contribution in [-0.2, 0) is 6.61 Å². The van der Waals surface area contributed by atoms with Crippen LogP contribution >= 0.6 is 11.3 Å². The van der Waals surface area contributed by atoms with Gasteiger partial charge in [0.25, 0.3) is 0 Å². The zero-order valence-electron chi connectivity index (χ0n) is 8.94. The lowest BCUT2D eigenvalue weighted by atomic mass is 10.2. The van der Waals surface area contributed by atoms with Crippen LogP contribution in [0.2, 0.25) is 0 Å². The van der Waals surface area contributed by atoms with Crippen molar-refractivity contribution in [3.63, 3.8) is 0 Å². The van der Waals surface area contributed by atoms with Gasteiger partial charge in [-0.05, 0) is 12.1 Å². The lowest BCUT2D eigenvalue weighted by Gasteiger charge is -2.09. The standard InChI is InChI=1S/C11H8F3NO2S/c12-11(13,14)17-9-3-1-2-7(4-9)10-15-8(5-16)6-18-10/h1-4,6,16H,5H2. The summed E-state index contributed by atoms with van der Waals surface area (Å²) in [6.45, 7) is -0.199. The van der Waals surface area contributed by atoms with Gasteiger partial charge in [-0.1, -0.05) is 12.1 Å². The van der Waals surface area contributed by atoms with Gasteiger partial charge in [-0.2, -0.15) is 0 Å². The van der Waals surface area contributed by atoms with Crippen LogP contribution in [0.5, 0.6) is 5.75 Å². The van der Waals surface area contributed by atoms with Gasteiger partial charge in [-0.3, -0.25) is 0 Å². The summed E-state index contributed by atoms with van der Waals surface area (Å²) in [6, 6.07) is 5.56. The number of rotatable bonds is 3. The van der Waals surface area contributed by atoms with Gasteiger partial charge >= 0.3 is 6.36 Å². The average molecular weight is 275 g/mol. The van der Waals surface area contributed by atoms with Gasteiger partial charge in [0.2, 0.25) is 0 Å². The molecule has 0 unspecified atom stereocenters. The fraction of sp³-hybridized carbons (Fsp3) is 0.182. The molecule has 7 heteroatoms. The van der Waals surface area contributed by atoms with Crippen molar-refractivity contribution in [1.82, 2.24) is 4.98 Å². The van der Waals surface area contributed by atoms with Crippen molar-refractivity contribution in [2.75, 3.05) is 0 Å². The van der Waals surface area contributed by atoms with Crippen molar-refractivity contribution in [2.24, 2.45) is 0 Å². The summed E-state index contributed by atoms with van der Waals surface area (Å²) in [5.41, 5.74) is 0.999. The van der Waals surface area contributed by atoms with Crippen LogP contribution in [0.3, 0.4) is 0 Å². The maximum absolute atomic E-state index is 12.1. The van der Waals surface area contributed by atoms with Crippen LogP contribution in [0.4, 0.5) is 13.2 Å². The predicted octanol–water partition coefficient (Wildman–Crippen LogP) is 3.20. The second-order valence-corrected chi connectivity index (χ2v) is 4.24. The Morgan fingerprint density at radius 1 is 1.33 bits per heavy atom. The maximum Gasteiger partial charge on any atom is 0.573 e. The molecule has 1 aromatic heterocycles. The Morgan fingerprint density at radius 2 is 2.11 bits per heavy atom. The van der Waals surface area contributed by atoms with Crippen molar-refractivity contribution >= 4 is 11.3 Å². The molecular weight excluding hydrogens is 267 g/mol. The summed E-state index contributed by atoms with van der Waals surface area (Å²) >= 11 is 1.25. The second kappa shape index (κ2) is 4.95. The van der Waals surface area contributed by atoms with Gasteiger partial charge in [0.05, 0.1) is 12.3 Å². The minimum Gasteiger partial charge on any atom is -0.406 e. The van der Waals surface area contributed by atoms with E-state index in [-0.39, 0.29) is 12.4 Å². The van der Waals surface area contributed by atoms with Crippen molar-refractivity contribution < 1.29 is 23.0 Å². The van der Waals surface area contributed by atoms with E-state index in [2.05, 4.69) is 9.72 Å². The second-order valence-electron chi connectivity index (χ2n) is 3.38. The largest absolute Gasteiger partial charge is 0.573 e. The summed E-state index contributed by atoms with van der Waals surface area (Å²) < 4.78 is 40.0. The Hall–Kier alpha value is -1.60. The van der Waals surface area contributed by atoms with Crippen LogP contribution in [0.1, 0.15) is 5.69 Å². The van der Waals surface area contributed by atoms with E-state index >= 15 is 0 Å². The molecule has 0 aliphatic heterocycles. The molecule has 0 saturated carbocycles. The minimum atomic E-state index is -4.71. The summed E-state index contributed by atoms with van der Waals surface area (Å²) in [5.74, 6) is -0.291. The molecule has 1 heterocycles. The van der Waals surface area contributed by atoms with Crippen LogP contribution in [-0.4, -0.2) is 16.5 Å². The molecule has 0 amide bonds. The van der Waals surface area contributed by atoms with Gasteiger partial charge < -0.3 is 9.84 Å². The van der Waals surface area contributed by atoms with Crippen molar-refractivity contribution in [2.45, 2.75) is 13.0 Å². The molecular formula is C11H8F3NO2S. The zero-order chi connectivity index (χ0) is 13.2. The smallest absolute Gasteiger partial charge is 0.406 e. The SMILES string of the molecule is OCc1csc(-c2cccc(OC(F)(F)F)c2)n1. The van der Waals surface area contributed by atoms with Crippen molar-refractivity contribution in [1.29, 1.82) is 0 Å². The molecule has 18 heavy (non-hydrogen) atoms. The number of thiazole rings is 1. The lowest BCUT2D eigenvalue weighted by molar-refractivity contribution is -0.274. The van der Waals surface area contributed by atoms with Crippen LogP contribution in [0, 0.1) is 0 Å². The Morgan fingerprint density at radius 3 is 2.72 bits per heavy atom. The highest BCUT2D eigenvalue weighted by atomic mass is 32.1. The third-order valence-electron chi connectivity index (χ3n) is 2.03. The molecule has 0 saturated heterocycles. The number of aliphatic hydroxyl groups is 1. The highest BCUT2D eigenvalue weighted by Crippen LogP contribution is 2.29. The Balaban J connectivity index is 2.26. The summed E-state index contributed by atoms with van der Waals surface area (Å²) in [7, 11) is 0. The Labute approximate surface area is 104 Å². The van der Waals surface area contributed by atoms with Gasteiger partial charge in [0, 0.05) is 10.9 Å². The first kappa shape index (κ1) is 12.8. The van der Waals surface area contributed by atoms with E-state index in [0.29, 0.717) is 16.3 Å². The molecule has 0 aliphatic rings. The molecule has 96 valence electrons. The van der Waals surface area contributed by atoms with Gasteiger partial charge in [0.1, 0.15) is 10.8 Å². The first-order chi connectivity index (χ1) is 8.48. The van der Waals surface area contributed by atoms with Gasteiger partial charge in [0.15, 0.2) is 0 Å². The third kappa shape index (κ3) is 3.21. The molecule has 1 N–H and O–H groups in total. The van der Waals surface area contributed by atoms with E-state index in [4.69, 9.17) is 5.11 Å². The fourth-order valence-electron chi connectivity index (χ4n) is 1.34. The first-order valence-corrected chi connectivity index (χ1v) is 5.77. The molecule has 0 fully saturated rings. The number of ether oxygens (including phenoxy) is 1. The van der Waals surface area contributed by atoms with E-state index < -0.39 is 6.36 Å². The molecule has 2 rings (SSSR count). The van der Waals surface area contributed by atoms with Crippen molar-refractivity contribution in [3.8, 4) is 16.3 Å². The predicted molar refractivity (Wildman–Crippen MR) is 60.2 cm³/mol. The highest BCUT2D eigenvalue weighted by Gasteiger charge is 2.31. The quantitative estimate of drug-likeness (QED) is 0.935. The number of halogens is 3. The van der Waals surface area contributed by atoms with E-state index in [0.717, 1.165) is 0 Å². The van der Waals surface area contributed by atoms with Crippen LogP contribution in [0.25, 0.3) is 10.6 Å². The number of hydrogen-bond donors (Lipinski definition) is 1. The third-order valence-corrected chi connectivity index (χ3v) is 2.97. The molecule has 2 aromatic rings. The summed E-state index contributed by atoms with van der Waals surface area (Å²) in [4.78, 5) is 4.07. The number of benzene rings is 1. The van der Waals surface area contributed by atoms with Crippen LogP contribution < -0.4 is 4.74 Å². The number of alkyl halides is 3. The summed E-state index contributed by atoms with van der Waals surface area (Å²) in [6.07, 6.45) is -4.71. The molecule has 0 radical (unpaired) electrons. The fourth-order valence-corrected chi connectivity index (χ4v) is 2.15. The lowest BCUT2D eigenvalue weighted by Crippen LogP contribution is -2.17. The number of nitrogens with zero attached hydrogens (tertiary/aromatic N) is 1. The minimum absolute atomic E-state index is 0.199. The van der Waals surface area contributed by atoms with Crippen LogP contribution in [0.15, 0.2) is 29.6 Å². The van der Waals surface area contributed by atoms with E-state index in [9.17, 15) is 13.2 Å². The molecule has 0 spiro atoms. The van der Waals surface area contributed by atoms with Gasteiger partial charge in [-0.25, -0.2) is 4.98 Å². The first-order valence-electron chi connectivity index (χ1n) is 4.89. The van der Waals surface area contributed by atoms with Crippen molar-refractivity contribution in [3.05, 3.63) is 35.3 Å². The Kier molecular flexibility index (Phi) is 3.53. The average Bonchev–Trinajstić information content (AvgIpc) is 2.75. The number of hydrogen-bond acceptors (Lipinski definition) is 4. The molecule has 3 nitrogen and oxygen atoms in total. The topological polar surface area (TPSA) is 42.4 Å². The highest BCUT2D eigenvalue weighted by molar-refractivity contribution is 7.13. The maximum atomic E-state index is 12.1. The molecule has 0 atom stereocenters. The zero-order valence-corrected chi connectivity index (χ0v) is 9.76. The van der Waals surface area contributed by atoms with E-state index in [1.807, 2.05) is 0 Å². The van der Waals surface area contributed by atoms with E-state index in [1.54, 1.807) is 11.4 Å². The number of aromatic nitrogens is 1. The number of aliphatic hydroxyl groups excluding tert-OH is 1. The monoisotopic (exact) mass is 275 g/mol.